The smallest absolute Gasteiger partial charge is 0.240 e. The van der Waals surface area contributed by atoms with E-state index in [-0.39, 0.29) is 10.9 Å². The molecule has 6 nitrogen and oxygen atoms in total. The first kappa shape index (κ1) is 14.7. The van der Waals surface area contributed by atoms with E-state index < -0.39 is 10.0 Å². The Morgan fingerprint density at radius 2 is 2.25 bits per heavy atom. The third-order valence-corrected chi connectivity index (χ3v) is 4.37. The van der Waals surface area contributed by atoms with Crippen LogP contribution in [-0.4, -0.2) is 24.5 Å². The Hall–Kier alpha value is -1.70. The predicted molar refractivity (Wildman–Crippen MR) is 76.5 cm³/mol. The summed E-state index contributed by atoms with van der Waals surface area (Å²) < 4.78 is 28.7. The van der Waals surface area contributed by atoms with Crippen LogP contribution in [0.25, 0.3) is 0 Å². The highest BCUT2D eigenvalue weighted by molar-refractivity contribution is 7.89. The molecule has 3 N–H and O–H groups in total. The van der Waals surface area contributed by atoms with Crippen LogP contribution in [0.15, 0.2) is 47.9 Å². The van der Waals surface area contributed by atoms with E-state index in [0.29, 0.717) is 13.1 Å². The van der Waals surface area contributed by atoms with Crippen LogP contribution in [0.5, 0.6) is 0 Å². The van der Waals surface area contributed by atoms with Gasteiger partial charge in [-0.2, -0.15) is 0 Å². The molecule has 0 bridgehead atoms. The molecule has 0 saturated heterocycles. The topological polar surface area (TPSA) is 90.0 Å². The molecule has 0 aliphatic carbocycles. The molecule has 0 amide bonds. The van der Waals surface area contributed by atoms with E-state index in [0.717, 1.165) is 5.56 Å². The fraction of sp³-hybridized carbons (Fsp3) is 0.308. The largest absolute Gasteiger partial charge is 0.336 e. The fourth-order valence-corrected chi connectivity index (χ4v) is 2.85. The predicted octanol–water partition coefficient (Wildman–Crippen LogP) is 0.881. The van der Waals surface area contributed by atoms with Crippen molar-refractivity contribution in [3.8, 4) is 0 Å². The summed E-state index contributed by atoms with van der Waals surface area (Å²) in [6.45, 7) is 2.66. The molecule has 1 atom stereocenters. The van der Waals surface area contributed by atoms with Crippen molar-refractivity contribution in [3.63, 3.8) is 0 Å². The van der Waals surface area contributed by atoms with Crippen molar-refractivity contribution in [2.75, 3.05) is 6.54 Å². The second kappa shape index (κ2) is 6.17. The van der Waals surface area contributed by atoms with Gasteiger partial charge in [0.2, 0.25) is 10.0 Å². The average Bonchev–Trinajstić information content (AvgIpc) is 2.92. The van der Waals surface area contributed by atoms with Crippen LogP contribution in [0.1, 0.15) is 18.5 Å². The molecule has 108 valence electrons. The number of imidazole rings is 1. The van der Waals surface area contributed by atoms with Crippen LogP contribution in [0.4, 0.5) is 0 Å². The minimum atomic E-state index is -3.51. The molecule has 0 radical (unpaired) electrons. The summed E-state index contributed by atoms with van der Waals surface area (Å²) in [5.41, 5.74) is 6.56. The van der Waals surface area contributed by atoms with Crippen LogP contribution >= 0.6 is 0 Å². The second-order valence-electron chi connectivity index (χ2n) is 4.56. The summed E-state index contributed by atoms with van der Waals surface area (Å²) in [5.74, 6) is 0. The molecule has 2 rings (SSSR count). The highest BCUT2D eigenvalue weighted by atomic mass is 32.2. The van der Waals surface area contributed by atoms with Gasteiger partial charge in [-0.25, -0.2) is 18.1 Å². The summed E-state index contributed by atoms with van der Waals surface area (Å²) in [6, 6.07) is 6.48. The highest BCUT2D eigenvalue weighted by Crippen LogP contribution is 2.15. The Bertz CT molecular complexity index is 651. The number of hydrogen-bond acceptors (Lipinski definition) is 4. The molecule has 1 aromatic heterocycles. The number of hydrogen-bond donors (Lipinski definition) is 2. The van der Waals surface area contributed by atoms with E-state index in [4.69, 9.17) is 5.73 Å². The van der Waals surface area contributed by atoms with E-state index in [2.05, 4.69) is 9.71 Å². The van der Waals surface area contributed by atoms with Crippen molar-refractivity contribution in [1.29, 1.82) is 0 Å². The van der Waals surface area contributed by atoms with Gasteiger partial charge in [0, 0.05) is 31.5 Å². The lowest BCUT2D eigenvalue weighted by atomic mass is 10.1. The van der Waals surface area contributed by atoms with Gasteiger partial charge in [0.1, 0.15) is 0 Å². The Kier molecular flexibility index (Phi) is 4.53. The number of rotatable bonds is 6. The van der Waals surface area contributed by atoms with Gasteiger partial charge < -0.3 is 10.3 Å². The number of nitrogens with two attached hydrogens (primary N) is 1. The van der Waals surface area contributed by atoms with Gasteiger partial charge >= 0.3 is 0 Å². The van der Waals surface area contributed by atoms with E-state index in [1.54, 1.807) is 41.5 Å². The van der Waals surface area contributed by atoms with E-state index >= 15 is 0 Å². The summed E-state index contributed by atoms with van der Waals surface area (Å²) in [7, 11) is -3.51. The van der Waals surface area contributed by atoms with Crippen molar-refractivity contribution in [2.45, 2.75) is 24.4 Å². The first-order chi connectivity index (χ1) is 9.49. The van der Waals surface area contributed by atoms with Crippen molar-refractivity contribution in [3.05, 3.63) is 48.5 Å². The summed E-state index contributed by atoms with van der Waals surface area (Å²) >= 11 is 0. The third kappa shape index (κ3) is 3.66. The number of nitrogens with zero attached hydrogens (tertiary/aromatic N) is 2. The summed E-state index contributed by atoms with van der Waals surface area (Å²) in [6.07, 6.45) is 5.08. The lowest BCUT2D eigenvalue weighted by Gasteiger charge is -2.10. The molecule has 0 saturated carbocycles. The van der Waals surface area contributed by atoms with E-state index in [1.807, 2.05) is 13.0 Å². The fourth-order valence-electron chi connectivity index (χ4n) is 1.78. The SMILES string of the molecule is CC(N)c1cccc(S(=O)(=O)NCCn2ccnc2)c1. The Morgan fingerprint density at radius 3 is 2.90 bits per heavy atom. The molecule has 2 aromatic rings. The van der Waals surface area contributed by atoms with Crippen molar-refractivity contribution < 1.29 is 8.42 Å². The monoisotopic (exact) mass is 294 g/mol. The first-order valence-corrected chi connectivity index (χ1v) is 7.78. The van der Waals surface area contributed by atoms with Crippen LogP contribution in [-0.2, 0) is 16.6 Å². The zero-order chi connectivity index (χ0) is 14.6. The normalized spacial score (nSPS) is 13.3. The molecule has 20 heavy (non-hydrogen) atoms. The zero-order valence-electron chi connectivity index (χ0n) is 11.2. The minimum Gasteiger partial charge on any atom is -0.336 e. The van der Waals surface area contributed by atoms with Gasteiger partial charge in [0.25, 0.3) is 0 Å². The van der Waals surface area contributed by atoms with Crippen molar-refractivity contribution >= 4 is 10.0 Å². The van der Waals surface area contributed by atoms with Gasteiger partial charge in [-0.05, 0) is 24.6 Å². The van der Waals surface area contributed by atoms with Crippen LogP contribution in [0.3, 0.4) is 0 Å². The maximum Gasteiger partial charge on any atom is 0.240 e. The average molecular weight is 294 g/mol. The molecule has 1 heterocycles. The number of aromatic nitrogens is 2. The molecular formula is C13H18N4O2S. The van der Waals surface area contributed by atoms with E-state index in [9.17, 15) is 8.42 Å². The molecule has 1 aromatic carbocycles. The molecule has 0 fully saturated rings. The van der Waals surface area contributed by atoms with E-state index in [1.165, 1.54) is 0 Å². The molecule has 7 heteroatoms. The molecule has 0 aliphatic heterocycles. The lowest BCUT2D eigenvalue weighted by molar-refractivity contribution is 0.572. The van der Waals surface area contributed by atoms with Gasteiger partial charge in [0.05, 0.1) is 11.2 Å². The maximum absolute atomic E-state index is 12.2. The number of benzene rings is 1. The summed E-state index contributed by atoms with van der Waals surface area (Å²) in [5, 5.41) is 0. The number of sulfonamides is 1. The first-order valence-electron chi connectivity index (χ1n) is 6.30. The van der Waals surface area contributed by atoms with Gasteiger partial charge in [-0.3, -0.25) is 0 Å². The quantitative estimate of drug-likeness (QED) is 0.827. The van der Waals surface area contributed by atoms with Gasteiger partial charge in [-0.15, -0.1) is 0 Å². The molecular weight excluding hydrogens is 276 g/mol. The molecule has 0 spiro atoms. The zero-order valence-corrected chi connectivity index (χ0v) is 12.0. The number of nitrogens with one attached hydrogen (secondary N) is 1. The van der Waals surface area contributed by atoms with Gasteiger partial charge in [-0.1, -0.05) is 12.1 Å². The highest BCUT2D eigenvalue weighted by Gasteiger charge is 2.14. The summed E-state index contributed by atoms with van der Waals surface area (Å²) in [4.78, 5) is 4.13. The molecule has 1 unspecified atom stereocenters. The third-order valence-electron chi connectivity index (χ3n) is 2.92. The Labute approximate surface area is 118 Å². The lowest BCUT2D eigenvalue weighted by Crippen LogP contribution is -2.27. The van der Waals surface area contributed by atoms with Crippen LogP contribution in [0, 0.1) is 0 Å². The Balaban J connectivity index is 2.04. The minimum absolute atomic E-state index is 0.198. The van der Waals surface area contributed by atoms with Crippen molar-refractivity contribution in [1.82, 2.24) is 14.3 Å². The standard InChI is InChI=1S/C13H18N4O2S/c1-11(14)12-3-2-4-13(9-12)20(18,19)16-6-8-17-7-5-15-10-17/h2-5,7,9-11,16H,6,8,14H2,1H3. The molecule has 0 aliphatic rings. The maximum atomic E-state index is 12.2. The van der Waals surface area contributed by atoms with Crippen LogP contribution in [0.2, 0.25) is 0 Å². The second-order valence-corrected chi connectivity index (χ2v) is 6.33. The van der Waals surface area contributed by atoms with Gasteiger partial charge in [0.15, 0.2) is 0 Å². The Morgan fingerprint density at radius 1 is 1.45 bits per heavy atom. The van der Waals surface area contributed by atoms with Crippen molar-refractivity contribution in [2.24, 2.45) is 5.73 Å². The van der Waals surface area contributed by atoms with Crippen LogP contribution < -0.4 is 10.5 Å².